The Morgan fingerprint density at radius 1 is 0.872 bits per heavy atom. The lowest BCUT2D eigenvalue weighted by Crippen LogP contribution is -3.00. The number of rotatable bonds is 8. The molecule has 0 radical (unpaired) electrons. The van der Waals surface area contributed by atoms with E-state index in [-0.39, 0.29) is 24.5 Å². The fraction of sp³-hybridized carbons (Fsp3) is 0.120. The lowest BCUT2D eigenvalue weighted by atomic mass is 10.1. The number of hydrogen-bond acceptors (Lipinski definition) is 3. The second kappa shape index (κ2) is 15.2. The number of hydrogen-bond donors (Lipinski definition) is 1. The number of imidazole rings is 1. The van der Waals surface area contributed by atoms with Gasteiger partial charge >= 0.3 is 6.09 Å². The lowest BCUT2D eigenvalue weighted by Gasteiger charge is -2.19. The number of halogens is 7. The van der Waals surface area contributed by atoms with Crippen molar-refractivity contribution in [3.8, 4) is 0 Å². The molecule has 3 N–H and O–H groups in total. The second-order valence-corrected chi connectivity index (χ2v) is 10.3. The van der Waals surface area contributed by atoms with Gasteiger partial charge in [0, 0.05) is 31.3 Å². The highest BCUT2D eigenvalue weighted by Gasteiger charge is 2.21. The third-order valence-electron chi connectivity index (χ3n) is 5.16. The highest BCUT2D eigenvalue weighted by molar-refractivity contribution is 6.42. The van der Waals surface area contributed by atoms with Crippen LogP contribution in [-0.4, -0.2) is 16.3 Å². The maximum absolute atomic E-state index is 12.3. The molecule has 1 heterocycles. The number of nitrogens with one attached hydrogen (secondary N) is 1. The molecule has 208 valence electrons. The Balaban J connectivity index is 0.00000267. The van der Waals surface area contributed by atoms with Gasteiger partial charge in [-0.2, -0.15) is 0 Å². The summed E-state index contributed by atoms with van der Waals surface area (Å²) in [5.41, 5.74) is 1.94. The maximum Gasteiger partial charge on any atom is 0.457 e. The summed E-state index contributed by atoms with van der Waals surface area (Å²) in [6, 6.07) is 15.1. The van der Waals surface area contributed by atoms with E-state index in [1.165, 1.54) is 10.8 Å². The quantitative estimate of drug-likeness (QED) is 0.280. The first-order valence-corrected chi connectivity index (χ1v) is 13.0. The van der Waals surface area contributed by atoms with Gasteiger partial charge in [0.05, 0.1) is 16.7 Å². The van der Waals surface area contributed by atoms with E-state index in [2.05, 4.69) is 5.32 Å². The van der Waals surface area contributed by atoms with Crippen molar-refractivity contribution in [2.75, 3.05) is 5.32 Å². The minimum absolute atomic E-state index is 0. The molecule has 0 saturated carbocycles. The van der Waals surface area contributed by atoms with Crippen molar-refractivity contribution in [2.24, 2.45) is 0 Å². The average Bonchev–Trinajstić information content (AvgIpc) is 3.26. The van der Waals surface area contributed by atoms with Gasteiger partial charge in [0.25, 0.3) is 6.33 Å². The van der Waals surface area contributed by atoms with Crippen molar-refractivity contribution in [3.05, 3.63) is 115 Å². The molecule has 4 rings (SSSR count). The maximum atomic E-state index is 12.3. The number of carbonyl (C=O) groups is 1. The monoisotopic (exact) mass is 671 g/mol. The molecule has 1 atom stereocenters. The van der Waals surface area contributed by atoms with Crippen LogP contribution in [0.1, 0.15) is 17.2 Å². The van der Waals surface area contributed by atoms with Crippen LogP contribution in [0, 0.1) is 0 Å². The largest absolute Gasteiger partial charge is 1.00 e. The Morgan fingerprint density at radius 3 is 2.23 bits per heavy atom. The fourth-order valence-electron chi connectivity index (χ4n) is 3.37. The summed E-state index contributed by atoms with van der Waals surface area (Å²) in [5.74, 6) is 0. The molecule has 0 aliphatic rings. The Morgan fingerprint density at radius 2 is 1.56 bits per heavy atom. The van der Waals surface area contributed by atoms with E-state index in [0.717, 1.165) is 11.1 Å². The molecular weight excluding hydrogens is 654 g/mol. The molecule has 0 saturated heterocycles. The average molecular weight is 675 g/mol. The minimum Gasteiger partial charge on any atom is -1.00 e. The predicted molar refractivity (Wildman–Crippen MR) is 151 cm³/mol. The molecule has 0 bridgehead atoms. The normalized spacial score (nSPS) is 11.2. The number of amides is 1. The number of nitrogens with zero attached hydrogens (tertiary/aromatic N) is 2. The van der Waals surface area contributed by atoms with E-state index in [1.807, 2.05) is 0 Å². The van der Waals surface area contributed by atoms with E-state index < -0.39 is 12.2 Å². The van der Waals surface area contributed by atoms with Crippen molar-refractivity contribution < 1.29 is 36.8 Å². The standard InChI is InChI=1S/C25H17Cl6N3O3.ClH.H2O/c26-16-2-1-15(21(29)9-16)13-36-24(19-5-3-17(27)10-22(19)30)12-33-7-8-34(14-33)37-25(35)32-18-4-6-20(28)23(31)11-18;;/h1-11,14,24H,12-13H2;1H;1H2. The third kappa shape index (κ3) is 9.32. The molecule has 14 heteroatoms. The van der Waals surface area contributed by atoms with Gasteiger partial charge in [-0.1, -0.05) is 81.7 Å². The molecule has 1 unspecified atom stereocenters. The van der Waals surface area contributed by atoms with Crippen LogP contribution >= 0.6 is 69.6 Å². The van der Waals surface area contributed by atoms with Crippen molar-refractivity contribution in [2.45, 2.75) is 19.3 Å². The van der Waals surface area contributed by atoms with Crippen LogP contribution in [0.3, 0.4) is 0 Å². The predicted octanol–water partition coefficient (Wildman–Crippen LogP) is 4.49. The lowest BCUT2D eigenvalue weighted by molar-refractivity contribution is -0.705. The summed E-state index contributed by atoms with van der Waals surface area (Å²) in [6.45, 7) is 0.556. The van der Waals surface area contributed by atoms with Crippen LogP contribution in [-0.2, 0) is 17.9 Å². The fourth-order valence-corrected chi connectivity index (χ4v) is 4.66. The summed E-state index contributed by atoms with van der Waals surface area (Å²) in [7, 11) is 0. The number of aromatic nitrogens is 2. The van der Waals surface area contributed by atoms with Crippen molar-refractivity contribution in [1.29, 1.82) is 0 Å². The first-order chi connectivity index (χ1) is 17.7. The minimum atomic E-state index is -0.716. The van der Waals surface area contributed by atoms with E-state index >= 15 is 0 Å². The van der Waals surface area contributed by atoms with Crippen LogP contribution < -0.4 is 27.1 Å². The molecular formula is C25H20Cl7N3O4. The zero-order valence-corrected chi connectivity index (χ0v) is 25.0. The Hall–Kier alpha value is -1.91. The highest BCUT2D eigenvalue weighted by atomic mass is 35.5. The molecule has 3 aromatic carbocycles. The highest BCUT2D eigenvalue weighted by Crippen LogP contribution is 2.31. The molecule has 0 fully saturated rings. The van der Waals surface area contributed by atoms with E-state index in [0.29, 0.717) is 42.4 Å². The van der Waals surface area contributed by atoms with Gasteiger partial charge in [-0.05, 0) is 52.8 Å². The van der Waals surface area contributed by atoms with Gasteiger partial charge in [-0.25, -0.2) is 14.2 Å². The number of anilines is 1. The first-order valence-electron chi connectivity index (χ1n) is 10.7. The molecule has 1 aromatic heterocycles. The number of carbonyl (C=O) groups excluding carboxylic acids is 1. The summed E-state index contributed by atoms with van der Waals surface area (Å²) in [6.07, 6.45) is 3.69. The second-order valence-electron chi connectivity index (χ2n) is 7.80. The van der Waals surface area contributed by atoms with Crippen molar-refractivity contribution >= 4 is 81.4 Å². The summed E-state index contributed by atoms with van der Waals surface area (Å²) < 4.78 is 9.26. The number of ether oxygens (including phenoxy) is 1. The zero-order chi connectivity index (χ0) is 26.5. The van der Waals surface area contributed by atoms with Crippen molar-refractivity contribution in [3.63, 3.8) is 0 Å². The van der Waals surface area contributed by atoms with E-state index in [9.17, 15) is 4.79 Å². The zero-order valence-electron chi connectivity index (χ0n) is 19.7. The van der Waals surface area contributed by atoms with E-state index in [1.54, 1.807) is 71.8 Å². The molecule has 7 nitrogen and oxygen atoms in total. The summed E-state index contributed by atoms with van der Waals surface area (Å²) in [4.78, 5) is 17.6. The third-order valence-corrected chi connectivity index (χ3v) is 7.05. The van der Waals surface area contributed by atoms with Crippen LogP contribution in [0.4, 0.5) is 10.5 Å². The van der Waals surface area contributed by atoms with Crippen LogP contribution in [0.15, 0.2) is 73.3 Å². The van der Waals surface area contributed by atoms with Crippen LogP contribution in [0.5, 0.6) is 0 Å². The van der Waals surface area contributed by atoms with Crippen LogP contribution in [0.2, 0.25) is 30.1 Å². The number of benzene rings is 3. The molecule has 0 spiro atoms. The smallest absolute Gasteiger partial charge is 0.457 e. The Kier molecular flexibility index (Phi) is 13.0. The first kappa shape index (κ1) is 33.3. The Labute approximate surface area is 260 Å². The summed E-state index contributed by atoms with van der Waals surface area (Å²) >= 11 is 36.8. The molecule has 0 aliphatic heterocycles. The van der Waals surface area contributed by atoms with Gasteiger partial charge < -0.3 is 22.6 Å². The molecule has 1 amide bonds. The van der Waals surface area contributed by atoms with Gasteiger partial charge in [-0.3, -0.25) is 5.32 Å². The SMILES string of the molecule is O.O=C(Nc1ccc(Cl)c(Cl)c1)On1cc[n+](CC(OCc2ccc(Cl)cc2Cl)c2ccc(Cl)cc2Cl)c1.[Cl-]. The van der Waals surface area contributed by atoms with Crippen molar-refractivity contribution in [1.82, 2.24) is 4.73 Å². The molecule has 4 aromatic rings. The van der Waals surface area contributed by atoms with Gasteiger partial charge in [-0.15, -0.1) is 0 Å². The van der Waals surface area contributed by atoms with Gasteiger partial charge in [0.2, 0.25) is 0 Å². The topological polar surface area (TPSA) is 87.9 Å². The van der Waals surface area contributed by atoms with Crippen LogP contribution in [0.25, 0.3) is 0 Å². The van der Waals surface area contributed by atoms with E-state index in [4.69, 9.17) is 79.2 Å². The Bertz CT molecular complexity index is 1430. The molecule has 39 heavy (non-hydrogen) atoms. The van der Waals surface area contributed by atoms with Gasteiger partial charge in [0.1, 0.15) is 18.8 Å². The summed E-state index contributed by atoms with van der Waals surface area (Å²) in [5, 5.41) is 5.26. The van der Waals surface area contributed by atoms with Gasteiger partial charge in [0.15, 0.2) is 6.20 Å². The molecule has 0 aliphatic carbocycles.